The third kappa shape index (κ3) is 2.85. The zero-order valence-electron chi connectivity index (χ0n) is 8.80. The summed E-state index contributed by atoms with van der Waals surface area (Å²) in [4.78, 5) is 0.102. The largest absolute Gasteiger partial charge is 0.238 e. The van der Waals surface area contributed by atoms with E-state index in [4.69, 9.17) is 16.7 Å². The molecule has 5 heteroatoms. The molecule has 0 unspecified atom stereocenters. The zero-order valence-corrected chi connectivity index (χ0v) is 10.4. The van der Waals surface area contributed by atoms with Gasteiger partial charge in [0.1, 0.15) is 0 Å². The number of sulfonamides is 1. The Morgan fingerprint density at radius 1 is 0.941 bits per heavy atom. The third-order valence-corrected chi connectivity index (χ3v) is 3.50. The number of rotatable bonds is 2. The normalized spacial score (nSPS) is 11.4. The minimum Gasteiger partial charge on any atom is -0.225 e. The van der Waals surface area contributed by atoms with E-state index in [2.05, 4.69) is 0 Å². The molecule has 0 fully saturated rings. The second kappa shape index (κ2) is 4.49. The highest BCUT2D eigenvalue weighted by Gasteiger charge is 2.08. The SMILES string of the molecule is NS(=O)(=O)c1cccc(-c2ccc(Cl)cc2)c1. The second-order valence-electron chi connectivity index (χ2n) is 3.58. The van der Waals surface area contributed by atoms with Crippen LogP contribution in [-0.4, -0.2) is 8.42 Å². The van der Waals surface area contributed by atoms with Crippen LogP contribution in [0, 0.1) is 0 Å². The molecule has 0 aliphatic heterocycles. The van der Waals surface area contributed by atoms with Crippen LogP contribution in [0.15, 0.2) is 53.4 Å². The predicted molar refractivity (Wildman–Crippen MR) is 68.3 cm³/mol. The van der Waals surface area contributed by atoms with Crippen LogP contribution in [-0.2, 0) is 10.0 Å². The van der Waals surface area contributed by atoms with Crippen LogP contribution in [0.4, 0.5) is 0 Å². The third-order valence-electron chi connectivity index (χ3n) is 2.34. The second-order valence-corrected chi connectivity index (χ2v) is 5.58. The molecule has 2 rings (SSSR count). The fourth-order valence-corrected chi connectivity index (χ4v) is 2.18. The standard InChI is InChI=1S/C12H10ClNO2S/c13-11-6-4-9(5-7-11)10-2-1-3-12(8-10)17(14,15)16/h1-8H,(H2,14,15,16). The van der Waals surface area contributed by atoms with Crippen molar-refractivity contribution in [2.24, 2.45) is 5.14 Å². The van der Waals surface area contributed by atoms with Gasteiger partial charge in [0.05, 0.1) is 4.90 Å². The summed E-state index contributed by atoms with van der Waals surface area (Å²) < 4.78 is 22.5. The van der Waals surface area contributed by atoms with E-state index in [0.717, 1.165) is 11.1 Å². The fourth-order valence-electron chi connectivity index (χ4n) is 1.49. The Morgan fingerprint density at radius 2 is 1.59 bits per heavy atom. The Hall–Kier alpha value is -1.36. The molecule has 0 radical (unpaired) electrons. The van der Waals surface area contributed by atoms with Crippen LogP contribution in [0.3, 0.4) is 0 Å². The van der Waals surface area contributed by atoms with Crippen molar-refractivity contribution in [3.8, 4) is 11.1 Å². The summed E-state index contributed by atoms with van der Waals surface area (Å²) in [5.41, 5.74) is 1.67. The zero-order chi connectivity index (χ0) is 12.5. The van der Waals surface area contributed by atoms with Gasteiger partial charge in [-0.05, 0) is 35.4 Å². The molecule has 0 spiro atoms. The van der Waals surface area contributed by atoms with Crippen molar-refractivity contribution < 1.29 is 8.42 Å². The topological polar surface area (TPSA) is 60.2 Å². The number of nitrogens with two attached hydrogens (primary N) is 1. The number of hydrogen-bond donors (Lipinski definition) is 1. The molecule has 0 atom stereocenters. The lowest BCUT2D eigenvalue weighted by Gasteiger charge is -2.04. The maximum atomic E-state index is 11.2. The van der Waals surface area contributed by atoms with Crippen LogP contribution in [0.25, 0.3) is 11.1 Å². The van der Waals surface area contributed by atoms with Gasteiger partial charge in [-0.15, -0.1) is 0 Å². The smallest absolute Gasteiger partial charge is 0.225 e. The van der Waals surface area contributed by atoms with Crippen molar-refractivity contribution in [1.82, 2.24) is 0 Å². The van der Waals surface area contributed by atoms with E-state index in [1.54, 1.807) is 24.3 Å². The lowest BCUT2D eigenvalue weighted by molar-refractivity contribution is 0.598. The molecule has 88 valence electrons. The van der Waals surface area contributed by atoms with Gasteiger partial charge in [-0.3, -0.25) is 0 Å². The van der Waals surface area contributed by atoms with Gasteiger partial charge in [-0.2, -0.15) is 0 Å². The lowest BCUT2D eigenvalue weighted by Crippen LogP contribution is -2.11. The van der Waals surface area contributed by atoms with Crippen LogP contribution >= 0.6 is 11.6 Å². The minimum absolute atomic E-state index is 0.102. The highest BCUT2D eigenvalue weighted by molar-refractivity contribution is 7.89. The molecule has 3 nitrogen and oxygen atoms in total. The van der Waals surface area contributed by atoms with Gasteiger partial charge in [0.25, 0.3) is 0 Å². The predicted octanol–water partition coefficient (Wildman–Crippen LogP) is 2.65. The van der Waals surface area contributed by atoms with Gasteiger partial charge >= 0.3 is 0 Å². The molecule has 2 aromatic rings. The van der Waals surface area contributed by atoms with Gasteiger partial charge in [-0.25, -0.2) is 13.6 Å². The molecule has 0 aromatic heterocycles. The summed E-state index contributed by atoms with van der Waals surface area (Å²) in [7, 11) is -3.67. The Morgan fingerprint density at radius 3 is 2.18 bits per heavy atom. The van der Waals surface area contributed by atoms with Gasteiger partial charge in [0, 0.05) is 5.02 Å². The average molecular weight is 268 g/mol. The fraction of sp³-hybridized carbons (Fsp3) is 0. The number of halogens is 1. The van der Waals surface area contributed by atoms with Crippen LogP contribution in [0.1, 0.15) is 0 Å². The van der Waals surface area contributed by atoms with Gasteiger partial charge in [0.2, 0.25) is 10.0 Å². The van der Waals surface area contributed by atoms with Crippen LogP contribution < -0.4 is 5.14 Å². The van der Waals surface area contributed by atoms with E-state index in [0.29, 0.717) is 5.02 Å². The monoisotopic (exact) mass is 267 g/mol. The summed E-state index contributed by atoms with van der Waals surface area (Å²) in [6.45, 7) is 0. The molecule has 2 aromatic carbocycles. The van der Waals surface area contributed by atoms with Gasteiger partial charge in [0.15, 0.2) is 0 Å². The lowest BCUT2D eigenvalue weighted by atomic mass is 10.1. The molecule has 2 N–H and O–H groups in total. The molecule has 0 heterocycles. The Balaban J connectivity index is 2.50. The summed E-state index contributed by atoms with van der Waals surface area (Å²) in [5, 5.41) is 5.71. The first-order chi connectivity index (χ1) is 7.97. The van der Waals surface area contributed by atoms with E-state index < -0.39 is 10.0 Å². The summed E-state index contributed by atoms with van der Waals surface area (Å²) in [5.74, 6) is 0. The molecule has 0 aliphatic rings. The molecular weight excluding hydrogens is 258 g/mol. The Bertz CT molecular complexity index is 636. The van der Waals surface area contributed by atoms with Crippen molar-refractivity contribution in [1.29, 1.82) is 0 Å². The number of hydrogen-bond acceptors (Lipinski definition) is 2. The van der Waals surface area contributed by atoms with E-state index in [1.807, 2.05) is 18.2 Å². The first-order valence-corrected chi connectivity index (χ1v) is 6.78. The summed E-state index contributed by atoms with van der Waals surface area (Å²) in [6, 6.07) is 13.6. The van der Waals surface area contributed by atoms with Crippen molar-refractivity contribution in [3.05, 3.63) is 53.6 Å². The van der Waals surface area contributed by atoms with Gasteiger partial charge in [-0.1, -0.05) is 35.9 Å². The molecule has 0 aliphatic carbocycles. The van der Waals surface area contributed by atoms with E-state index >= 15 is 0 Å². The summed E-state index contributed by atoms with van der Waals surface area (Å²) >= 11 is 5.79. The molecule has 0 amide bonds. The maximum Gasteiger partial charge on any atom is 0.238 e. The quantitative estimate of drug-likeness (QED) is 0.909. The highest BCUT2D eigenvalue weighted by Crippen LogP contribution is 2.23. The van der Waals surface area contributed by atoms with Crippen molar-refractivity contribution >= 4 is 21.6 Å². The number of primary sulfonamides is 1. The van der Waals surface area contributed by atoms with E-state index in [-0.39, 0.29) is 4.90 Å². The Labute approximate surface area is 105 Å². The van der Waals surface area contributed by atoms with E-state index in [9.17, 15) is 8.42 Å². The van der Waals surface area contributed by atoms with Crippen molar-refractivity contribution in [2.75, 3.05) is 0 Å². The first-order valence-electron chi connectivity index (χ1n) is 4.85. The number of benzene rings is 2. The minimum atomic E-state index is -3.67. The van der Waals surface area contributed by atoms with Crippen LogP contribution in [0.5, 0.6) is 0 Å². The van der Waals surface area contributed by atoms with Crippen LogP contribution in [0.2, 0.25) is 5.02 Å². The maximum absolute atomic E-state index is 11.2. The molecule has 0 saturated heterocycles. The molecule has 17 heavy (non-hydrogen) atoms. The summed E-state index contributed by atoms with van der Waals surface area (Å²) in [6.07, 6.45) is 0. The van der Waals surface area contributed by atoms with Crippen molar-refractivity contribution in [3.63, 3.8) is 0 Å². The Kier molecular flexibility index (Phi) is 3.19. The molecule has 0 bridgehead atoms. The molecular formula is C12H10ClNO2S. The van der Waals surface area contributed by atoms with E-state index in [1.165, 1.54) is 6.07 Å². The van der Waals surface area contributed by atoms with Gasteiger partial charge < -0.3 is 0 Å². The highest BCUT2D eigenvalue weighted by atomic mass is 35.5. The van der Waals surface area contributed by atoms with Crippen molar-refractivity contribution in [2.45, 2.75) is 4.90 Å². The molecule has 0 saturated carbocycles. The first kappa shape index (κ1) is 12.1. The average Bonchev–Trinajstić information content (AvgIpc) is 2.29.